The summed E-state index contributed by atoms with van der Waals surface area (Å²) in [5.74, 6) is 0.399. The molecule has 2 atom stereocenters. The molecule has 2 heterocycles. The van der Waals surface area contributed by atoms with Gasteiger partial charge in [-0.2, -0.15) is 13.2 Å². The van der Waals surface area contributed by atoms with Gasteiger partial charge in [0, 0.05) is 44.4 Å². The molecule has 0 unspecified atom stereocenters. The van der Waals surface area contributed by atoms with Gasteiger partial charge in [-0.1, -0.05) is 6.92 Å². The minimum absolute atomic E-state index is 0.0181. The van der Waals surface area contributed by atoms with E-state index in [-0.39, 0.29) is 25.0 Å². The van der Waals surface area contributed by atoms with Crippen molar-refractivity contribution in [2.24, 2.45) is 11.8 Å². The summed E-state index contributed by atoms with van der Waals surface area (Å²) in [4.78, 5) is 8.16. The van der Waals surface area contributed by atoms with Crippen LogP contribution < -0.4 is 4.90 Å². The van der Waals surface area contributed by atoms with Gasteiger partial charge in [-0.15, -0.1) is 0 Å². The van der Waals surface area contributed by atoms with Gasteiger partial charge in [-0.3, -0.25) is 0 Å². The number of aliphatic hydroxyl groups excluding tert-OH is 2. The van der Waals surface area contributed by atoms with Gasteiger partial charge in [0.15, 0.2) is 0 Å². The Kier molecular flexibility index (Phi) is 6.65. The van der Waals surface area contributed by atoms with Crippen molar-refractivity contribution in [1.82, 2.24) is 9.88 Å². The van der Waals surface area contributed by atoms with Gasteiger partial charge in [0.1, 0.15) is 5.82 Å². The number of alkyl halides is 3. The summed E-state index contributed by atoms with van der Waals surface area (Å²) in [5.41, 5.74) is -0.376. The molecule has 0 saturated carbocycles. The lowest BCUT2D eigenvalue weighted by atomic mass is 9.96. The van der Waals surface area contributed by atoms with E-state index in [0.29, 0.717) is 37.7 Å². The summed E-state index contributed by atoms with van der Waals surface area (Å²) in [6.07, 6.45) is -4.40. The highest BCUT2D eigenvalue weighted by Crippen LogP contribution is 2.34. The van der Waals surface area contributed by atoms with Crippen molar-refractivity contribution in [3.8, 4) is 0 Å². The van der Waals surface area contributed by atoms with Crippen molar-refractivity contribution < 1.29 is 23.4 Å². The molecule has 0 bridgehead atoms. The molecular formula is C17H26F3N3O2. The largest absolute Gasteiger partial charge is 0.416 e. The highest BCUT2D eigenvalue weighted by atomic mass is 19.4. The fourth-order valence-corrected chi connectivity index (χ4v) is 3.37. The van der Waals surface area contributed by atoms with Gasteiger partial charge in [0.05, 0.1) is 12.2 Å². The Balaban J connectivity index is 2.17. The zero-order chi connectivity index (χ0) is 18.6. The zero-order valence-electron chi connectivity index (χ0n) is 14.6. The smallest absolute Gasteiger partial charge is 0.396 e. The fourth-order valence-electron chi connectivity index (χ4n) is 3.37. The standard InChI is InChI=1S/C17H26F3N3O2/c1-3-22(4-5-24)8-13-9-23(10-14(13)11-25)16-7-15(17(18,19)20)6-12(2)21-16/h6-7,13-14,24-25H,3-5,8-11H2,1-2H3/t13-,14-/m1/s1. The normalized spacial score (nSPS) is 21.4. The summed E-state index contributed by atoms with van der Waals surface area (Å²) >= 11 is 0. The highest BCUT2D eigenvalue weighted by Gasteiger charge is 2.36. The van der Waals surface area contributed by atoms with Gasteiger partial charge in [0.25, 0.3) is 0 Å². The van der Waals surface area contributed by atoms with E-state index in [4.69, 9.17) is 5.11 Å². The van der Waals surface area contributed by atoms with Crippen LogP contribution in [0.1, 0.15) is 18.2 Å². The van der Waals surface area contributed by atoms with Crippen LogP contribution in [0.15, 0.2) is 12.1 Å². The SMILES string of the molecule is CCN(CCO)C[C@@H]1CN(c2cc(C(F)(F)F)cc(C)n2)C[C@@H]1CO. The Morgan fingerprint density at radius 3 is 2.48 bits per heavy atom. The molecule has 1 aromatic rings. The average Bonchev–Trinajstić information content (AvgIpc) is 2.96. The van der Waals surface area contributed by atoms with Crippen molar-refractivity contribution in [1.29, 1.82) is 0 Å². The van der Waals surface area contributed by atoms with Crippen LogP contribution >= 0.6 is 0 Å². The number of pyridine rings is 1. The lowest BCUT2D eigenvalue weighted by Gasteiger charge is -2.25. The van der Waals surface area contributed by atoms with Crippen molar-refractivity contribution in [2.75, 3.05) is 50.8 Å². The van der Waals surface area contributed by atoms with E-state index in [1.165, 1.54) is 0 Å². The molecule has 0 aliphatic carbocycles. The maximum Gasteiger partial charge on any atom is 0.416 e. The molecule has 2 N–H and O–H groups in total. The Hall–Kier alpha value is -1.38. The van der Waals surface area contributed by atoms with E-state index < -0.39 is 11.7 Å². The number of aromatic nitrogens is 1. The zero-order valence-corrected chi connectivity index (χ0v) is 14.6. The monoisotopic (exact) mass is 361 g/mol. The lowest BCUT2D eigenvalue weighted by Crippen LogP contribution is -2.35. The second-order valence-corrected chi connectivity index (χ2v) is 6.58. The first-order chi connectivity index (χ1) is 11.8. The predicted octanol–water partition coefficient (Wildman–Crippen LogP) is 1.77. The number of rotatable bonds is 7. The molecule has 1 saturated heterocycles. The molecule has 142 valence electrons. The molecule has 0 aromatic carbocycles. The van der Waals surface area contributed by atoms with E-state index in [9.17, 15) is 18.3 Å². The summed E-state index contributed by atoms with van der Waals surface area (Å²) in [6, 6.07) is 2.12. The number of aryl methyl sites for hydroxylation is 1. The Bertz CT molecular complexity index is 569. The van der Waals surface area contributed by atoms with Crippen LogP contribution in [0.2, 0.25) is 0 Å². The first kappa shape index (κ1) is 19.9. The Labute approximate surface area is 146 Å². The third kappa shape index (κ3) is 5.05. The number of halogens is 3. The number of hydrogen-bond donors (Lipinski definition) is 2. The summed E-state index contributed by atoms with van der Waals surface area (Å²) in [6.45, 7) is 6.62. The summed E-state index contributed by atoms with van der Waals surface area (Å²) < 4.78 is 39.1. The quantitative estimate of drug-likeness (QED) is 0.775. The first-order valence-electron chi connectivity index (χ1n) is 8.53. The Morgan fingerprint density at radius 2 is 1.92 bits per heavy atom. The van der Waals surface area contributed by atoms with Crippen LogP contribution in [0.5, 0.6) is 0 Å². The van der Waals surface area contributed by atoms with Gasteiger partial charge >= 0.3 is 6.18 Å². The lowest BCUT2D eigenvalue weighted by molar-refractivity contribution is -0.137. The first-order valence-corrected chi connectivity index (χ1v) is 8.53. The molecule has 25 heavy (non-hydrogen) atoms. The van der Waals surface area contributed by atoms with Crippen molar-refractivity contribution in [2.45, 2.75) is 20.0 Å². The van der Waals surface area contributed by atoms with Gasteiger partial charge in [-0.25, -0.2) is 4.98 Å². The molecule has 0 spiro atoms. The molecule has 0 amide bonds. The van der Waals surface area contributed by atoms with Crippen molar-refractivity contribution in [3.63, 3.8) is 0 Å². The molecule has 1 fully saturated rings. The number of hydrogen-bond acceptors (Lipinski definition) is 5. The second-order valence-electron chi connectivity index (χ2n) is 6.58. The predicted molar refractivity (Wildman–Crippen MR) is 89.5 cm³/mol. The minimum atomic E-state index is -4.40. The van der Waals surface area contributed by atoms with Crippen LogP contribution in [-0.2, 0) is 6.18 Å². The molecule has 0 radical (unpaired) electrons. The van der Waals surface area contributed by atoms with Gasteiger partial charge in [0.2, 0.25) is 0 Å². The Morgan fingerprint density at radius 1 is 1.24 bits per heavy atom. The van der Waals surface area contributed by atoms with E-state index >= 15 is 0 Å². The van der Waals surface area contributed by atoms with E-state index in [1.54, 1.807) is 6.92 Å². The van der Waals surface area contributed by atoms with Crippen LogP contribution in [-0.4, -0.2) is 66.0 Å². The molecule has 1 aliphatic rings. The maximum absolute atomic E-state index is 13.0. The number of likely N-dealkylation sites (N-methyl/N-ethyl adjacent to an activating group) is 1. The van der Waals surface area contributed by atoms with Crippen LogP contribution in [0.3, 0.4) is 0 Å². The van der Waals surface area contributed by atoms with Gasteiger partial charge in [-0.05, 0) is 31.5 Å². The summed E-state index contributed by atoms with van der Waals surface area (Å²) in [5, 5.41) is 18.8. The maximum atomic E-state index is 13.0. The number of nitrogens with zero attached hydrogens (tertiary/aromatic N) is 3. The van der Waals surface area contributed by atoms with Gasteiger partial charge < -0.3 is 20.0 Å². The van der Waals surface area contributed by atoms with Crippen LogP contribution in [0.25, 0.3) is 0 Å². The molecule has 1 aromatic heterocycles. The molecule has 1 aliphatic heterocycles. The number of aliphatic hydroxyl groups is 2. The van der Waals surface area contributed by atoms with E-state index in [1.807, 2.05) is 11.8 Å². The average molecular weight is 361 g/mol. The van der Waals surface area contributed by atoms with Crippen molar-refractivity contribution >= 4 is 5.82 Å². The molecular weight excluding hydrogens is 335 g/mol. The third-order valence-electron chi connectivity index (χ3n) is 4.76. The highest BCUT2D eigenvalue weighted by molar-refractivity contribution is 5.45. The number of anilines is 1. The molecule has 8 heteroatoms. The summed E-state index contributed by atoms with van der Waals surface area (Å²) in [7, 11) is 0. The van der Waals surface area contributed by atoms with Crippen LogP contribution in [0, 0.1) is 18.8 Å². The van der Waals surface area contributed by atoms with E-state index in [2.05, 4.69) is 9.88 Å². The topological polar surface area (TPSA) is 59.8 Å². The van der Waals surface area contributed by atoms with Crippen molar-refractivity contribution in [3.05, 3.63) is 23.4 Å². The second kappa shape index (κ2) is 8.33. The van der Waals surface area contributed by atoms with Crippen LogP contribution in [0.4, 0.5) is 19.0 Å². The minimum Gasteiger partial charge on any atom is -0.396 e. The molecule has 5 nitrogen and oxygen atoms in total. The van der Waals surface area contributed by atoms with E-state index in [0.717, 1.165) is 18.7 Å². The fraction of sp³-hybridized carbons (Fsp3) is 0.706. The third-order valence-corrected chi connectivity index (χ3v) is 4.76. The molecule has 2 rings (SSSR count).